The summed E-state index contributed by atoms with van der Waals surface area (Å²) in [6, 6.07) is 9.09. The molecule has 0 spiro atoms. The summed E-state index contributed by atoms with van der Waals surface area (Å²) < 4.78 is 2.34. The van der Waals surface area contributed by atoms with Crippen LogP contribution < -0.4 is 15.5 Å². The molecule has 1 atom stereocenters. The lowest BCUT2D eigenvalue weighted by Crippen LogP contribution is -2.39. The number of fused-ring (bicyclic) bond motifs is 1. The molecule has 2 aliphatic heterocycles. The zero-order valence-corrected chi connectivity index (χ0v) is 19.1. The molecule has 1 saturated heterocycles. The Bertz CT molecular complexity index is 867. The summed E-state index contributed by atoms with van der Waals surface area (Å²) >= 11 is 0. The van der Waals surface area contributed by atoms with Gasteiger partial charge in [0, 0.05) is 51.8 Å². The van der Waals surface area contributed by atoms with E-state index < -0.39 is 0 Å². The highest BCUT2D eigenvalue weighted by atomic mass is 15.3. The SMILES string of the molecule is CN=C(NCCCc1nnc2n1CCCCC2)NC(C)c1cccc(N2CCCC2)c1. The molecule has 7 heteroatoms. The van der Waals surface area contributed by atoms with Crippen LogP contribution in [0, 0.1) is 0 Å². The van der Waals surface area contributed by atoms with E-state index in [1.54, 1.807) is 0 Å². The van der Waals surface area contributed by atoms with Gasteiger partial charge in [0.05, 0.1) is 6.04 Å². The molecule has 2 N–H and O–H groups in total. The van der Waals surface area contributed by atoms with Crippen LogP contribution in [-0.4, -0.2) is 47.4 Å². The molecule has 7 nitrogen and oxygen atoms in total. The van der Waals surface area contributed by atoms with Gasteiger partial charge in [-0.05, 0) is 56.7 Å². The predicted molar refractivity (Wildman–Crippen MR) is 127 cm³/mol. The van der Waals surface area contributed by atoms with Crippen LogP contribution in [0.25, 0.3) is 0 Å². The highest BCUT2D eigenvalue weighted by Gasteiger charge is 2.16. The first kappa shape index (κ1) is 21.7. The van der Waals surface area contributed by atoms with Crippen LogP contribution in [0.15, 0.2) is 29.3 Å². The molecule has 168 valence electrons. The quantitative estimate of drug-likeness (QED) is 0.405. The lowest BCUT2D eigenvalue weighted by molar-refractivity contribution is 0.592. The van der Waals surface area contributed by atoms with Crippen molar-refractivity contribution >= 4 is 11.6 Å². The number of hydrogen-bond donors (Lipinski definition) is 2. The van der Waals surface area contributed by atoms with Gasteiger partial charge in [0.15, 0.2) is 5.96 Å². The van der Waals surface area contributed by atoms with Gasteiger partial charge >= 0.3 is 0 Å². The summed E-state index contributed by atoms with van der Waals surface area (Å²) in [5.74, 6) is 3.15. The van der Waals surface area contributed by atoms with Gasteiger partial charge in [-0.2, -0.15) is 0 Å². The Hall–Kier alpha value is -2.57. The molecule has 31 heavy (non-hydrogen) atoms. The first-order valence-corrected chi connectivity index (χ1v) is 12.0. The topological polar surface area (TPSA) is 70.4 Å². The summed E-state index contributed by atoms with van der Waals surface area (Å²) in [6.07, 6.45) is 9.40. The maximum Gasteiger partial charge on any atom is 0.191 e. The van der Waals surface area contributed by atoms with Crippen LogP contribution in [0.1, 0.15) is 68.7 Å². The van der Waals surface area contributed by atoms with E-state index >= 15 is 0 Å². The molecule has 0 saturated carbocycles. The number of aryl methyl sites for hydroxylation is 2. The van der Waals surface area contributed by atoms with Crippen LogP contribution in [0.4, 0.5) is 5.69 Å². The molecule has 2 aromatic rings. The first-order chi connectivity index (χ1) is 15.2. The van der Waals surface area contributed by atoms with Crippen molar-refractivity contribution in [3.05, 3.63) is 41.5 Å². The third-order valence-electron chi connectivity index (χ3n) is 6.47. The molecule has 1 unspecified atom stereocenters. The highest BCUT2D eigenvalue weighted by molar-refractivity contribution is 5.80. The van der Waals surface area contributed by atoms with E-state index in [2.05, 4.69) is 66.5 Å². The van der Waals surface area contributed by atoms with Crippen LogP contribution in [0.2, 0.25) is 0 Å². The smallest absolute Gasteiger partial charge is 0.191 e. The largest absolute Gasteiger partial charge is 0.372 e. The van der Waals surface area contributed by atoms with Crippen LogP contribution in [-0.2, 0) is 19.4 Å². The molecular formula is C24H37N7. The first-order valence-electron chi connectivity index (χ1n) is 12.0. The minimum absolute atomic E-state index is 0.195. The van der Waals surface area contributed by atoms with Crippen molar-refractivity contribution in [1.82, 2.24) is 25.4 Å². The second kappa shape index (κ2) is 10.6. The summed E-state index contributed by atoms with van der Waals surface area (Å²) in [4.78, 5) is 6.90. The number of aromatic nitrogens is 3. The van der Waals surface area contributed by atoms with E-state index in [1.165, 1.54) is 62.3 Å². The number of guanidine groups is 1. The van der Waals surface area contributed by atoms with Crippen molar-refractivity contribution in [2.24, 2.45) is 4.99 Å². The summed E-state index contributed by atoms with van der Waals surface area (Å²) in [7, 11) is 1.83. The number of rotatable bonds is 7. The van der Waals surface area contributed by atoms with Crippen molar-refractivity contribution in [3.8, 4) is 0 Å². The summed E-state index contributed by atoms with van der Waals surface area (Å²) in [6.45, 7) is 6.47. The number of benzene rings is 1. The zero-order chi connectivity index (χ0) is 21.5. The van der Waals surface area contributed by atoms with E-state index in [4.69, 9.17) is 0 Å². The maximum atomic E-state index is 4.44. The second-order valence-electron chi connectivity index (χ2n) is 8.75. The number of nitrogens with zero attached hydrogens (tertiary/aromatic N) is 5. The molecule has 1 fully saturated rings. The Labute approximate surface area is 186 Å². The van der Waals surface area contributed by atoms with Gasteiger partial charge in [-0.3, -0.25) is 4.99 Å². The predicted octanol–water partition coefficient (Wildman–Crippen LogP) is 3.46. The molecular weight excluding hydrogens is 386 g/mol. The third-order valence-corrected chi connectivity index (χ3v) is 6.47. The second-order valence-corrected chi connectivity index (χ2v) is 8.75. The molecule has 4 rings (SSSR count). The molecule has 3 heterocycles. The maximum absolute atomic E-state index is 4.44. The number of anilines is 1. The molecule has 0 amide bonds. The number of hydrogen-bond acceptors (Lipinski definition) is 4. The van der Waals surface area contributed by atoms with E-state index in [0.29, 0.717) is 0 Å². The molecule has 1 aromatic carbocycles. The lowest BCUT2D eigenvalue weighted by Gasteiger charge is -2.22. The average Bonchev–Trinajstić information content (AvgIpc) is 3.41. The lowest BCUT2D eigenvalue weighted by atomic mass is 10.1. The fraction of sp³-hybridized carbons (Fsp3) is 0.625. The Balaban J connectivity index is 1.25. The Kier molecular flexibility index (Phi) is 7.43. The molecule has 0 bridgehead atoms. The fourth-order valence-corrected chi connectivity index (χ4v) is 4.63. The van der Waals surface area contributed by atoms with Crippen molar-refractivity contribution in [2.45, 2.75) is 70.9 Å². The molecule has 0 aliphatic carbocycles. The van der Waals surface area contributed by atoms with E-state index in [1.807, 2.05) is 7.05 Å². The summed E-state index contributed by atoms with van der Waals surface area (Å²) in [5, 5.41) is 15.9. The normalized spacial score (nSPS) is 17.9. The highest BCUT2D eigenvalue weighted by Crippen LogP contribution is 2.24. The van der Waals surface area contributed by atoms with Gasteiger partial charge < -0.3 is 20.1 Å². The van der Waals surface area contributed by atoms with Gasteiger partial charge in [-0.25, -0.2) is 0 Å². The van der Waals surface area contributed by atoms with Gasteiger partial charge in [-0.1, -0.05) is 18.6 Å². The number of aliphatic imine (C=N–C) groups is 1. The van der Waals surface area contributed by atoms with Crippen LogP contribution >= 0.6 is 0 Å². The molecule has 2 aliphatic rings. The van der Waals surface area contributed by atoms with Crippen molar-refractivity contribution in [3.63, 3.8) is 0 Å². The van der Waals surface area contributed by atoms with Gasteiger partial charge in [-0.15, -0.1) is 10.2 Å². The van der Waals surface area contributed by atoms with E-state index in [-0.39, 0.29) is 6.04 Å². The molecule has 0 radical (unpaired) electrons. The average molecular weight is 424 g/mol. The summed E-state index contributed by atoms with van der Waals surface area (Å²) in [5.41, 5.74) is 2.62. The van der Waals surface area contributed by atoms with E-state index in [0.717, 1.165) is 44.1 Å². The van der Waals surface area contributed by atoms with Crippen LogP contribution in [0.5, 0.6) is 0 Å². The van der Waals surface area contributed by atoms with Crippen molar-refractivity contribution < 1.29 is 0 Å². The number of nitrogens with one attached hydrogen (secondary N) is 2. The van der Waals surface area contributed by atoms with Gasteiger partial charge in [0.1, 0.15) is 11.6 Å². The standard InChI is InChI=1S/C24H37N7/c1-19(20-10-8-11-21(18-20)30-15-6-7-16-30)27-24(25-2)26-14-9-13-23-29-28-22-12-4-3-5-17-31(22)23/h8,10-11,18-19H,3-7,9,12-17H2,1-2H3,(H2,25,26,27). The minimum Gasteiger partial charge on any atom is -0.372 e. The van der Waals surface area contributed by atoms with Crippen molar-refractivity contribution in [1.29, 1.82) is 0 Å². The van der Waals surface area contributed by atoms with Crippen LogP contribution in [0.3, 0.4) is 0 Å². The zero-order valence-electron chi connectivity index (χ0n) is 19.1. The molecule has 1 aromatic heterocycles. The Morgan fingerprint density at radius 1 is 1.10 bits per heavy atom. The monoisotopic (exact) mass is 423 g/mol. The van der Waals surface area contributed by atoms with Gasteiger partial charge in [0.2, 0.25) is 0 Å². The Morgan fingerprint density at radius 2 is 1.94 bits per heavy atom. The Morgan fingerprint density at radius 3 is 2.77 bits per heavy atom. The van der Waals surface area contributed by atoms with Crippen molar-refractivity contribution in [2.75, 3.05) is 31.6 Å². The third kappa shape index (κ3) is 5.57. The fourth-order valence-electron chi connectivity index (χ4n) is 4.63. The minimum atomic E-state index is 0.195. The van der Waals surface area contributed by atoms with Gasteiger partial charge in [0.25, 0.3) is 0 Å². The van der Waals surface area contributed by atoms with E-state index in [9.17, 15) is 0 Å².